The molecule has 0 fully saturated rings. The topological polar surface area (TPSA) is 88.0 Å². The molecule has 0 atom stereocenters. The van der Waals surface area contributed by atoms with Crippen LogP contribution in [0.2, 0.25) is 0 Å². The van der Waals surface area contributed by atoms with Crippen molar-refractivity contribution in [3.8, 4) is 23.6 Å². The van der Waals surface area contributed by atoms with E-state index in [1.54, 1.807) is 24.3 Å². The van der Waals surface area contributed by atoms with Crippen LogP contribution >= 0.6 is 0 Å². The van der Waals surface area contributed by atoms with E-state index >= 15 is 0 Å². The van der Waals surface area contributed by atoms with Gasteiger partial charge in [0.15, 0.2) is 0 Å². The van der Waals surface area contributed by atoms with Crippen molar-refractivity contribution in [2.24, 2.45) is 0 Å². The molecule has 102 valence electrons. The second-order valence-electron chi connectivity index (χ2n) is 4.56. The van der Waals surface area contributed by atoms with E-state index in [2.05, 4.69) is 0 Å². The molecule has 4 heteroatoms. The molecule has 2 aromatic rings. The number of aromatic hydroxyl groups is 2. The SMILES string of the molecule is CC(=Cc1ccc(O)c(C#N)c1)c1ccc(O)c(C#N)c1. The summed E-state index contributed by atoms with van der Waals surface area (Å²) in [7, 11) is 0. The minimum absolute atomic E-state index is 0.0505. The van der Waals surface area contributed by atoms with Gasteiger partial charge in [-0.3, -0.25) is 0 Å². The first-order chi connectivity index (χ1) is 10.0. The van der Waals surface area contributed by atoms with Crippen LogP contribution in [0, 0.1) is 22.7 Å². The fraction of sp³-hybridized carbons (Fsp3) is 0.0588. The number of benzene rings is 2. The van der Waals surface area contributed by atoms with E-state index in [0.717, 1.165) is 16.7 Å². The summed E-state index contributed by atoms with van der Waals surface area (Å²) < 4.78 is 0. The Morgan fingerprint density at radius 2 is 1.52 bits per heavy atom. The normalized spacial score (nSPS) is 10.7. The van der Waals surface area contributed by atoms with Crippen LogP contribution in [0.1, 0.15) is 29.2 Å². The van der Waals surface area contributed by atoms with Crippen LogP contribution in [0.15, 0.2) is 36.4 Å². The lowest BCUT2D eigenvalue weighted by molar-refractivity contribution is 0.473. The molecule has 21 heavy (non-hydrogen) atoms. The predicted molar refractivity (Wildman–Crippen MR) is 79.2 cm³/mol. The van der Waals surface area contributed by atoms with Crippen LogP contribution in [0.5, 0.6) is 11.5 Å². The molecule has 2 aromatic carbocycles. The molecule has 0 bridgehead atoms. The molecular weight excluding hydrogens is 264 g/mol. The molecule has 0 saturated heterocycles. The molecule has 0 amide bonds. The minimum atomic E-state index is -0.0521. The van der Waals surface area contributed by atoms with Gasteiger partial charge in [0.25, 0.3) is 0 Å². The Balaban J connectivity index is 2.42. The molecule has 0 aliphatic rings. The largest absolute Gasteiger partial charge is 0.507 e. The average molecular weight is 276 g/mol. The van der Waals surface area contributed by atoms with Gasteiger partial charge in [0.2, 0.25) is 0 Å². The van der Waals surface area contributed by atoms with Crippen molar-refractivity contribution in [1.29, 1.82) is 10.5 Å². The first kappa shape index (κ1) is 14.2. The van der Waals surface area contributed by atoms with Crippen molar-refractivity contribution in [2.75, 3.05) is 0 Å². The molecule has 0 unspecified atom stereocenters. The highest BCUT2D eigenvalue weighted by atomic mass is 16.3. The van der Waals surface area contributed by atoms with Crippen LogP contribution in [-0.4, -0.2) is 10.2 Å². The fourth-order valence-corrected chi connectivity index (χ4v) is 1.94. The Kier molecular flexibility index (Phi) is 3.92. The number of phenolic OH excluding ortho intramolecular Hbond substituents is 2. The lowest BCUT2D eigenvalue weighted by Gasteiger charge is -2.05. The smallest absolute Gasteiger partial charge is 0.133 e. The van der Waals surface area contributed by atoms with Crippen LogP contribution in [0.4, 0.5) is 0 Å². The number of phenols is 2. The highest BCUT2D eigenvalue weighted by Crippen LogP contribution is 2.25. The molecule has 2 rings (SSSR count). The van der Waals surface area contributed by atoms with E-state index in [1.165, 1.54) is 12.1 Å². The molecule has 0 aliphatic carbocycles. The summed E-state index contributed by atoms with van der Waals surface area (Å²) in [5.74, 6) is -0.103. The minimum Gasteiger partial charge on any atom is -0.507 e. The van der Waals surface area contributed by atoms with Crippen molar-refractivity contribution < 1.29 is 10.2 Å². The Morgan fingerprint density at radius 1 is 0.952 bits per heavy atom. The van der Waals surface area contributed by atoms with Crippen molar-refractivity contribution in [1.82, 2.24) is 0 Å². The van der Waals surface area contributed by atoms with Gasteiger partial charge in [-0.1, -0.05) is 18.2 Å². The summed E-state index contributed by atoms with van der Waals surface area (Å²) in [6, 6.07) is 13.4. The third-order valence-corrected chi connectivity index (χ3v) is 3.10. The molecular formula is C17H12N2O2. The molecule has 2 N–H and O–H groups in total. The van der Waals surface area contributed by atoms with Gasteiger partial charge in [0.1, 0.15) is 23.6 Å². The van der Waals surface area contributed by atoms with E-state index < -0.39 is 0 Å². The summed E-state index contributed by atoms with van der Waals surface area (Å²) in [6.07, 6.45) is 1.84. The lowest BCUT2D eigenvalue weighted by Crippen LogP contribution is -1.85. The molecule has 0 aromatic heterocycles. The van der Waals surface area contributed by atoms with Gasteiger partial charge in [-0.05, 0) is 47.9 Å². The van der Waals surface area contributed by atoms with Gasteiger partial charge in [-0.25, -0.2) is 0 Å². The molecule has 0 radical (unpaired) electrons. The summed E-state index contributed by atoms with van der Waals surface area (Å²) >= 11 is 0. The van der Waals surface area contributed by atoms with Crippen LogP contribution in [0.3, 0.4) is 0 Å². The maximum atomic E-state index is 9.50. The van der Waals surface area contributed by atoms with E-state index in [1.807, 2.05) is 25.1 Å². The maximum Gasteiger partial charge on any atom is 0.133 e. The Labute approximate surface area is 122 Å². The second-order valence-corrected chi connectivity index (χ2v) is 4.56. The van der Waals surface area contributed by atoms with Crippen molar-refractivity contribution in [3.63, 3.8) is 0 Å². The number of rotatable bonds is 2. The van der Waals surface area contributed by atoms with Gasteiger partial charge in [0, 0.05) is 0 Å². The molecule has 0 spiro atoms. The summed E-state index contributed by atoms with van der Waals surface area (Å²) in [5.41, 5.74) is 2.87. The lowest BCUT2D eigenvalue weighted by atomic mass is 10.0. The van der Waals surface area contributed by atoms with Crippen LogP contribution in [0.25, 0.3) is 11.6 Å². The number of allylic oxidation sites excluding steroid dienone is 1. The number of nitriles is 2. The average Bonchev–Trinajstić information content (AvgIpc) is 2.49. The standard InChI is InChI=1S/C17H12N2O2/c1-11(13-3-5-17(21)15(8-13)10-19)6-12-2-4-16(20)14(7-12)9-18/h2-8,20-21H,1H3. The first-order valence-corrected chi connectivity index (χ1v) is 6.20. The van der Waals surface area contributed by atoms with E-state index in [0.29, 0.717) is 0 Å². The third-order valence-electron chi connectivity index (χ3n) is 3.10. The zero-order valence-electron chi connectivity index (χ0n) is 11.3. The molecule has 0 aliphatic heterocycles. The van der Waals surface area contributed by atoms with Crippen LogP contribution < -0.4 is 0 Å². The van der Waals surface area contributed by atoms with Crippen molar-refractivity contribution in [3.05, 3.63) is 58.7 Å². The highest BCUT2D eigenvalue weighted by Gasteiger charge is 2.05. The summed E-state index contributed by atoms with van der Waals surface area (Å²) in [5, 5.41) is 36.8. The van der Waals surface area contributed by atoms with E-state index in [9.17, 15) is 10.2 Å². The fourth-order valence-electron chi connectivity index (χ4n) is 1.94. The maximum absolute atomic E-state index is 9.50. The molecule has 0 heterocycles. The monoisotopic (exact) mass is 276 g/mol. The summed E-state index contributed by atoms with van der Waals surface area (Å²) in [6.45, 7) is 1.87. The highest BCUT2D eigenvalue weighted by molar-refractivity contribution is 5.81. The zero-order chi connectivity index (χ0) is 15.4. The van der Waals surface area contributed by atoms with Gasteiger partial charge < -0.3 is 10.2 Å². The van der Waals surface area contributed by atoms with Crippen molar-refractivity contribution in [2.45, 2.75) is 6.92 Å². The Morgan fingerprint density at radius 3 is 2.14 bits per heavy atom. The summed E-state index contributed by atoms with van der Waals surface area (Å²) in [4.78, 5) is 0. The van der Waals surface area contributed by atoms with E-state index in [-0.39, 0.29) is 22.6 Å². The van der Waals surface area contributed by atoms with E-state index in [4.69, 9.17) is 10.5 Å². The molecule has 4 nitrogen and oxygen atoms in total. The van der Waals surface area contributed by atoms with Crippen LogP contribution in [-0.2, 0) is 0 Å². The Bertz CT molecular complexity index is 809. The van der Waals surface area contributed by atoms with Gasteiger partial charge in [0.05, 0.1) is 11.1 Å². The molecule has 0 saturated carbocycles. The number of hydrogen-bond donors (Lipinski definition) is 2. The van der Waals surface area contributed by atoms with Gasteiger partial charge in [-0.2, -0.15) is 10.5 Å². The Hall–Kier alpha value is -3.24. The zero-order valence-corrected chi connectivity index (χ0v) is 11.3. The third kappa shape index (κ3) is 3.02. The van der Waals surface area contributed by atoms with Crippen molar-refractivity contribution >= 4 is 11.6 Å². The second kappa shape index (κ2) is 5.81. The number of nitrogens with zero attached hydrogens (tertiary/aromatic N) is 2. The predicted octanol–water partition coefficient (Wildman–Crippen LogP) is 3.40. The van der Waals surface area contributed by atoms with Gasteiger partial charge in [-0.15, -0.1) is 0 Å². The first-order valence-electron chi connectivity index (χ1n) is 6.20. The van der Waals surface area contributed by atoms with Gasteiger partial charge >= 0.3 is 0 Å². The quantitative estimate of drug-likeness (QED) is 0.823. The number of hydrogen-bond acceptors (Lipinski definition) is 4.